The third kappa shape index (κ3) is 4.18. The Bertz CT molecular complexity index is 994. The minimum Gasteiger partial charge on any atom is -0.457 e. The summed E-state index contributed by atoms with van der Waals surface area (Å²) in [7, 11) is 1.71. The standard InChI is InChI=1S/C22H21N3O2/c1-5-20-16(3)24-25(4)21(20)22(26)23-14-17-8-12-19(13-9-17)27-18-10-6-15(2)7-11-18/h1,6-13H,14H2,2-4H3,(H,23,26). The van der Waals surface area contributed by atoms with Gasteiger partial charge in [0.05, 0.1) is 11.3 Å². The molecule has 0 aliphatic heterocycles. The summed E-state index contributed by atoms with van der Waals surface area (Å²) in [5.74, 6) is 3.82. The molecule has 0 saturated carbocycles. The first-order valence-corrected chi connectivity index (χ1v) is 8.60. The van der Waals surface area contributed by atoms with Gasteiger partial charge < -0.3 is 10.1 Å². The molecule has 2 aromatic carbocycles. The van der Waals surface area contributed by atoms with Gasteiger partial charge in [0.1, 0.15) is 17.2 Å². The zero-order valence-electron chi connectivity index (χ0n) is 15.6. The highest BCUT2D eigenvalue weighted by Gasteiger charge is 2.18. The number of hydrogen-bond donors (Lipinski definition) is 1. The Morgan fingerprint density at radius 2 is 1.70 bits per heavy atom. The Hall–Kier alpha value is -3.52. The molecule has 0 aliphatic rings. The third-order valence-electron chi connectivity index (χ3n) is 4.21. The van der Waals surface area contributed by atoms with Crippen LogP contribution in [-0.4, -0.2) is 15.7 Å². The lowest BCUT2D eigenvalue weighted by molar-refractivity contribution is 0.0941. The molecule has 0 fully saturated rings. The highest BCUT2D eigenvalue weighted by molar-refractivity contribution is 5.95. The number of nitrogens with one attached hydrogen (secondary N) is 1. The smallest absolute Gasteiger partial charge is 0.271 e. The van der Waals surface area contributed by atoms with E-state index in [-0.39, 0.29) is 5.91 Å². The van der Waals surface area contributed by atoms with Crippen LogP contribution in [0.15, 0.2) is 48.5 Å². The average molecular weight is 359 g/mol. The molecular formula is C22H21N3O2. The van der Waals surface area contributed by atoms with Gasteiger partial charge in [0, 0.05) is 13.6 Å². The van der Waals surface area contributed by atoms with Crippen LogP contribution in [0.25, 0.3) is 0 Å². The quantitative estimate of drug-likeness (QED) is 0.706. The summed E-state index contributed by atoms with van der Waals surface area (Å²) >= 11 is 0. The predicted octanol–water partition coefficient (Wildman–Crippen LogP) is 3.74. The number of aryl methyl sites for hydroxylation is 3. The van der Waals surface area contributed by atoms with Crippen molar-refractivity contribution in [3.05, 3.63) is 76.6 Å². The fourth-order valence-electron chi connectivity index (χ4n) is 2.78. The number of ether oxygens (including phenoxy) is 1. The average Bonchev–Trinajstić information content (AvgIpc) is 2.96. The van der Waals surface area contributed by atoms with Gasteiger partial charge in [-0.15, -0.1) is 6.42 Å². The topological polar surface area (TPSA) is 56.2 Å². The second-order valence-corrected chi connectivity index (χ2v) is 6.32. The van der Waals surface area contributed by atoms with Crippen molar-refractivity contribution >= 4 is 5.91 Å². The number of hydrogen-bond acceptors (Lipinski definition) is 3. The van der Waals surface area contributed by atoms with Gasteiger partial charge in [0.25, 0.3) is 5.91 Å². The molecule has 0 saturated heterocycles. The molecule has 1 heterocycles. The maximum Gasteiger partial charge on any atom is 0.271 e. The van der Waals surface area contributed by atoms with Crippen LogP contribution in [0, 0.1) is 26.2 Å². The SMILES string of the molecule is C#Cc1c(C)nn(C)c1C(=O)NCc1ccc(Oc2ccc(C)cc2)cc1. The van der Waals surface area contributed by atoms with Crippen molar-refractivity contribution in [2.24, 2.45) is 7.05 Å². The van der Waals surface area contributed by atoms with Crippen LogP contribution in [0.5, 0.6) is 11.5 Å². The predicted molar refractivity (Wildman–Crippen MR) is 105 cm³/mol. The number of terminal acetylenes is 1. The van der Waals surface area contributed by atoms with Crippen LogP contribution in [-0.2, 0) is 13.6 Å². The summed E-state index contributed by atoms with van der Waals surface area (Å²) < 4.78 is 7.32. The molecule has 1 aromatic heterocycles. The van der Waals surface area contributed by atoms with Gasteiger partial charge in [-0.05, 0) is 43.7 Å². The second-order valence-electron chi connectivity index (χ2n) is 6.32. The fraction of sp³-hybridized carbons (Fsp3) is 0.182. The van der Waals surface area contributed by atoms with Gasteiger partial charge in [0.2, 0.25) is 0 Å². The number of benzene rings is 2. The maximum atomic E-state index is 12.5. The van der Waals surface area contributed by atoms with Gasteiger partial charge in [-0.2, -0.15) is 5.10 Å². The molecule has 3 aromatic rings. The molecular weight excluding hydrogens is 338 g/mol. The molecule has 0 unspecified atom stereocenters. The van der Waals surface area contributed by atoms with E-state index in [1.165, 1.54) is 10.2 Å². The Morgan fingerprint density at radius 3 is 2.30 bits per heavy atom. The number of amides is 1. The molecule has 0 spiro atoms. The number of carbonyl (C=O) groups excluding carboxylic acids is 1. The van der Waals surface area contributed by atoms with Gasteiger partial charge in [-0.1, -0.05) is 35.7 Å². The first-order valence-electron chi connectivity index (χ1n) is 8.60. The molecule has 3 rings (SSSR count). The molecule has 0 radical (unpaired) electrons. The molecule has 1 amide bonds. The van der Waals surface area contributed by atoms with E-state index >= 15 is 0 Å². The van der Waals surface area contributed by atoms with Crippen molar-refractivity contribution in [2.45, 2.75) is 20.4 Å². The van der Waals surface area contributed by atoms with E-state index in [0.29, 0.717) is 23.5 Å². The van der Waals surface area contributed by atoms with Gasteiger partial charge in [-0.3, -0.25) is 9.48 Å². The van der Waals surface area contributed by atoms with Crippen LogP contribution in [0.1, 0.15) is 32.9 Å². The molecule has 27 heavy (non-hydrogen) atoms. The van der Waals surface area contributed by atoms with E-state index in [0.717, 1.165) is 17.1 Å². The maximum absolute atomic E-state index is 12.5. The summed E-state index contributed by atoms with van der Waals surface area (Å²) in [5, 5.41) is 7.09. The van der Waals surface area contributed by atoms with Crippen molar-refractivity contribution in [1.29, 1.82) is 0 Å². The Labute approximate surface area is 159 Å². The first-order chi connectivity index (χ1) is 13.0. The minimum atomic E-state index is -0.244. The molecule has 0 bridgehead atoms. The van der Waals surface area contributed by atoms with Crippen molar-refractivity contribution < 1.29 is 9.53 Å². The summed E-state index contributed by atoms with van der Waals surface area (Å²) in [6.07, 6.45) is 5.50. The Balaban J connectivity index is 1.63. The molecule has 1 N–H and O–H groups in total. The van der Waals surface area contributed by atoms with Crippen molar-refractivity contribution in [3.8, 4) is 23.8 Å². The zero-order valence-corrected chi connectivity index (χ0v) is 15.6. The van der Waals surface area contributed by atoms with Crippen LogP contribution in [0.3, 0.4) is 0 Å². The van der Waals surface area contributed by atoms with E-state index in [2.05, 4.69) is 16.3 Å². The number of rotatable bonds is 5. The number of carbonyl (C=O) groups is 1. The van der Waals surface area contributed by atoms with Crippen molar-refractivity contribution in [3.63, 3.8) is 0 Å². The molecule has 5 heteroatoms. The Kier molecular flexibility index (Phi) is 5.28. The molecule has 5 nitrogen and oxygen atoms in total. The van der Waals surface area contributed by atoms with Crippen LogP contribution < -0.4 is 10.1 Å². The number of aromatic nitrogens is 2. The van der Waals surface area contributed by atoms with Crippen LogP contribution in [0.2, 0.25) is 0 Å². The van der Waals surface area contributed by atoms with Crippen LogP contribution >= 0.6 is 0 Å². The number of nitrogens with zero attached hydrogens (tertiary/aromatic N) is 2. The van der Waals surface area contributed by atoms with E-state index in [9.17, 15) is 4.79 Å². The van der Waals surface area contributed by atoms with Crippen molar-refractivity contribution in [1.82, 2.24) is 15.1 Å². The molecule has 136 valence electrons. The van der Waals surface area contributed by atoms with Crippen LogP contribution in [0.4, 0.5) is 0 Å². The lowest BCUT2D eigenvalue weighted by Crippen LogP contribution is -2.26. The Morgan fingerprint density at radius 1 is 1.11 bits per heavy atom. The highest BCUT2D eigenvalue weighted by atomic mass is 16.5. The van der Waals surface area contributed by atoms with E-state index in [4.69, 9.17) is 11.2 Å². The van der Waals surface area contributed by atoms with E-state index in [1.807, 2.05) is 55.5 Å². The fourth-order valence-corrected chi connectivity index (χ4v) is 2.78. The summed E-state index contributed by atoms with van der Waals surface area (Å²) in [6, 6.07) is 15.5. The first kappa shape index (κ1) is 18.3. The second kappa shape index (κ2) is 7.79. The van der Waals surface area contributed by atoms with Gasteiger partial charge in [-0.25, -0.2) is 0 Å². The van der Waals surface area contributed by atoms with Gasteiger partial charge in [0.15, 0.2) is 0 Å². The monoisotopic (exact) mass is 359 g/mol. The summed E-state index contributed by atoms with van der Waals surface area (Å²) in [4.78, 5) is 12.5. The molecule has 0 atom stereocenters. The molecule has 0 aliphatic carbocycles. The highest BCUT2D eigenvalue weighted by Crippen LogP contribution is 2.22. The van der Waals surface area contributed by atoms with E-state index in [1.54, 1.807) is 14.0 Å². The lowest BCUT2D eigenvalue weighted by atomic mass is 10.1. The lowest BCUT2D eigenvalue weighted by Gasteiger charge is -2.09. The normalized spacial score (nSPS) is 10.3. The largest absolute Gasteiger partial charge is 0.457 e. The summed E-state index contributed by atoms with van der Waals surface area (Å²) in [5.41, 5.74) is 3.74. The summed E-state index contributed by atoms with van der Waals surface area (Å²) in [6.45, 7) is 4.21. The third-order valence-corrected chi connectivity index (χ3v) is 4.21. The minimum absolute atomic E-state index is 0.244. The zero-order chi connectivity index (χ0) is 19.4. The van der Waals surface area contributed by atoms with Crippen molar-refractivity contribution in [2.75, 3.05) is 0 Å². The van der Waals surface area contributed by atoms with E-state index < -0.39 is 0 Å². The van der Waals surface area contributed by atoms with Gasteiger partial charge >= 0.3 is 0 Å².